The van der Waals surface area contributed by atoms with Gasteiger partial charge >= 0.3 is 0 Å². The molecule has 1 rings (SSSR count). The van der Waals surface area contributed by atoms with Crippen LogP contribution in [0.15, 0.2) is 24.3 Å². The van der Waals surface area contributed by atoms with E-state index in [2.05, 4.69) is 26.0 Å². The summed E-state index contributed by atoms with van der Waals surface area (Å²) in [5.74, 6) is 0.656. The Morgan fingerprint density at radius 2 is 1.67 bits per heavy atom. The Balaban J connectivity index is 2.75. The van der Waals surface area contributed by atoms with Crippen LogP contribution in [0.2, 0.25) is 0 Å². The van der Waals surface area contributed by atoms with Crippen molar-refractivity contribution >= 4 is 17.4 Å². The molecule has 1 aromatic carbocycles. The van der Waals surface area contributed by atoms with Crippen molar-refractivity contribution in [1.29, 1.82) is 0 Å². The third-order valence-electron chi connectivity index (χ3n) is 2.43. The Hall–Kier alpha value is -0.820. The molecular formula is C13H17ClO. The molecule has 0 spiro atoms. The number of hydrogen-bond acceptors (Lipinski definition) is 1. The maximum absolute atomic E-state index is 10.9. The number of carbonyl (C=O) groups is 1. The second-order valence-electron chi connectivity index (χ2n) is 4.20. The van der Waals surface area contributed by atoms with Crippen LogP contribution in [0, 0.1) is 0 Å². The number of hydrogen-bond donors (Lipinski definition) is 0. The summed E-state index contributed by atoms with van der Waals surface area (Å²) in [7, 11) is 0. The summed E-state index contributed by atoms with van der Waals surface area (Å²) >= 11 is 6.11. The van der Waals surface area contributed by atoms with Crippen LogP contribution >= 0.6 is 11.6 Å². The second kappa shape index (κ2) is 5.32. The van der Waals surface area contributed by atoms with Gasteiger partial charge in [0.05, 0.1) is 5.38 Å². The molecule has 0 saturated heterocycles. The van der Waals surface area contributed by atoms with Crippen molar-refractivity contribution in [1.82, 2.24) is 0 Å². The topological polar surface area (TPSA) is 17.1 Å². The predicted octanol–water partition coefficient (Wildman–Crippen LogP) is 4.07. The van der Waals surface area contributed by atoms with Crippen LogP contribution in [0.1, 0.15) is 49.6 Å². The first-order valence-corrected chi connectivity index (χ1v) is 5.67. The number of rotatable bonds is 4. The molecule has 1 atom stereocenters. The Morgan fingerprint density at radius 3 is 2.07 bits per heavy atom. The van der Waals surface area contributed by atoms with Gasteiger partial charge in [0.1, 0.15) is 5.78 Å². The normalized spacial score (nSPS) is 12.9. The fourth-order valence-electron chi connectivity index (χ4n) is 1.46. The number of halogens is 1. The first-order chi connectivity index (χ1) is 7.00. The first kappa shape index (κ1) is 12.3. The average molecular weight is 225 g/mol. The number of carbonyl (C=O) groups excluding carboxylic acids is 1. The molecule has 0 aliphatic heterocycles. The largest absolute Gasteiger partial charge is 0.300 e. The van der Waals surface area contributed by atoms with E-state index in [0.717, 1.165) is 5.56 Å². The van der Waals surface area contributed by atoms with E-state index < -0.39 is 0 Å². The third-order valence-corrected chi connectivity index (χ3v) is 2.84. The monoisotopic (exact) mass is 224 g/mol. The number of benzene rings is 1. The van der Waals surface area contributed by atoms with E-state index in [-0.39, 0.29) is 11.2 Å². The van der Waals surface area contributed by atoms with Crippen molar-refractivity contribution in [2.75, 3.05) is 0 Å². The Labute approximate surface area is 96.5 Å². The van der Waals surface area contributed by atoms with Gasteiger partial charge in [0.2, 0.25) is 0 Å². The number of Topliss-reactive ketones (excluding diaryl/α,β-unsaturated/α-hetero) is 1. The molecule has 1 nitrogen and oxygen atoms in total. The number of ketones is 1. The first-order valence-electron chi connectivity index (χ1n) is 5.24. The van der Waals surface area contributed by atoms with E-state index in [9.17, 15) is 4.79 Å². The van der Waals surface area contributed by atoms with Gasteiger partial charge in [-0.3, -0.25) is 4.79 Å². The lowest BCUT2D eigenvalue weighted by Gasteiger charge is -2.10. The lowest BCUT2D eigenvalue weighted by molar-refractivity contribution is -0.117. The molecule has 0 N–H and O–H groups in total. The summed E-state index contributed by atoms with van der Waals surface area (Å²) in [6, 6.07) is 8.18. The highest BCUT2D eigenvalue weighted by Gasteiger charge is 2.10. The molecule has 0 fully saturated rings. The third kappa shape index (κ3) is 3.67. The van der Waals surface area contributed by atoms with E-state index in [1.807, 2.05) is 12.1 Å². The molecular weight excluding hydrogens is 208 g/mol. The highest BCUT2D eigenvalue weighted by Crippen LogP contribution is 2.25. The van der Waals surface area contributed by atoms with Gasteiger partial charge in [-0.2, -0.15) is 0 Å². The smallest absolute Gasteiger partial charge is 0.131 e. The highest BCUT2D eigenvalue weighted by atomic mass is 35.5. The minimum Gasteiger partial charge on any atom is -0.300 e. The van der Waals surface area contributed by atoms with Crippen LogP contribution in [0.3, 0.4) is 0 Å². The molecule has 82 valence electrons. The molecule has 0 aliphatic rings. The van der Waals surface area contributed by atoms with Gasteiger partial charge in [-0.1, -0.05) is 38.1 Å². The Kier molecular flexibility index (Phi) is 4.34. The van der Waals surface area contributed by atoms with Crippen LogP contribution < -0.4 is 0 Å². The van der Waals surface area contributed by atoms with Gasteiger partial charge in [-0.05, 0) is 24.0 Å². The molecule has 0 saturated carbocycles. The van der Waals surface area contributed by atoms with Crippen LogP contribution in [-0.4, -0.2) is 5.78 Å². The predicted molar refractivity (Wildman–Crippen MR) is 64.4 cm³/mol. The van der Waals surface area contributed by atoms with Gasteiger partial charge in [0, 0.05) is 6.42 Å². The zero-order valence-electron chi connectivity index (χ0n) is 9.46. The van der Waals surface area contributed by atoms with Gasteiger partial charge in [-0.25, -0.2) is 0 Å². The molecule has 0 radical (unpaired) electrons. The van der Waals surface area contributed by atoms with Crippen molar-refractivity contribution in [2.24, 2.45) is 0 Å². The molecule has 1 unspecified atom stereocenters. The maximum atomic E-state index is 10.9. The fraction of sp³-hybridized carbons (Fsp3) is 0.462. The summed E-state index contributed by atoms with van der Waals surface area (Å²) in [5, 5.41) is -0.191. The highest BCUT2D eigenvalue weighted by molar-refractivity contribution is 6.21. The zero-order valence-corrected chi connectivity index (χ0v) is 10.2. The summed E-state index contributed by atoms with van der Waals surface area (Å²) in [4.78, 5) is 10.9. The van der Waals surface area contributed by atoms with E-state index in [1.54, 1.807) is 6.92 Å². The Bertz CT molecular complexity index is 327. The summed E-state index contributed by atoms with van der Waals surface area (Å²) in [6.45, 7) is 5.88. The summed E-state index contributed by atoms with van der Waals surface area (Å²) in [5.41, 5.74) is 2.32. The maximum Gasteiger partial charge on any atom is 0.131 e. The van der Waals surface area contributed by atoms with Gasteiger partial charge in [0.25, 0.3) is 0 Å². The van der Waals surface area contributed by atoms with E-state index in [0.29, 0.717) is 12.3 Å². The number of alkyl halides is 1. The molecule has 2 heteroatoms. The Morgan fingerprint density at radius 1 is 1.20 bits per heavy atom. The van der Waals surface area contributed by atoms with E-state index >= 15 is 0 Å². The fourth-order valence-corrected chi connectivity index (χ4v) is 1.82. The van der Waals surface area contributed by atoms with Crippen molar-refractivity contribution in [3.8, 4) is 0 Å². The van der Waals surface area contributed by atoms with E-state index in [4.69, 9.17) is 11.6 Å². The molecule has 0 heterocycles. The molecule has 0 bridgehead atoms. The quantitative estimate of drug-likeness (QED) is 0.705. The molecule has 0 amide bonds. The van der Waals surface area contributed by atoms with Crippen molar-refractivity contribution in [3.63, 3.8) is 0 Å². The van der Waals surface area contributed by atoms with Gasteiger partial charge in [-0.15, -0.1) is 11.6 Å². The summed E-state index contributed by atoms with van der Waals surface area (Å²) in [6.07, 6.45) is 0.405. The van der Waals surface area contributed by atoms with Crippen molar-refractivity contribution in [2.45, 2.75) is 38.5 Å². The molecule has 15 heavy (non-hydrogen) atoms. The molecule has 0 aliphatic carbocycles. The average Bonchev–Trinajstić information content (AvgIpc) is 2.17. The van der Waals surface area contributed by atoms with Crippen LogP contribution in [0.25, 0.3) is 0 Å². The van der Waals surface area contributed by atoms with E-state index in [1.165, 1.54) is 5.56 Å². The van der Waals surface area contributed by atoms with Crippen molar-refractivity contribution < 1.29 is 4.79 Å². The standard InChI is InChI=1S/C13H17ClO/c1-9(2)11-4-6-12(7-5-11)13(14)8-10(3)15/h4-7,9,13H,8H2,1-3H3. The minimum atomic E-state index is -0.191. The summed E-state index contributed by atoms with van der Waals surface area (Å²) < 4.78 is 0. The molecule has 0 aromatic heterocycles. The van der Waals surface area contributed by atoms with Gasteiger partial charge < -0.3 is 0 Å². The van der Waals surface area contributed by atoms with Crippen LogP contribution in [-0.2, 0) is 4.79 Å². The van der Waals surface area contributed by atoms with Gasteiger partial charge in [0.15, 0.2) is 0 Å². The SMILES string of the molecule is CC(=O)CC(Cl)c1ccc(C(C)C)cc1. The van der Waals surface area contributed by atoms with Crippen LogP contribution in [0.4, 0.5) is 0 Å². The molecule has 1 aromatic rings. The zero-order chi connectivity index (χ0) is 11.4. The van der Waals surface area contributed by atoms with Crippen LogP contribution in [0.5, 0.6) is 0 Å². The van der Waals surface area contributed by atoms with Crippen molar-refractivity contribution in [3.05, 3.63) is 35.4 Å². The minimum absolute atomic E-state index is 0.128. The second-order valence-corrected chi connectivity index (χ2v) is 4.72. The lowest BCUT2D eigenvalue weighted by Crippen LogP contribution is -1.98. The lowest BCUT2D eigenvalue weighted by atomic mass is 10.00.